The van der Waals surface area contributed by atoms with Gasteiger partial charge in [0, 0.05) is 6.42 Å². The Hall–Kier alpha value is -1.26. The summed E-state index contributed by atoms with van der Waals surface area (Å²) in [7, 11) is 0. The number of fused-ring (bicyclic) bond motifs is 5. The highest BCUT2D eigenvalue weighted by atomic mass is 16.3. The summed E-state index contributed by atoms with van der Waals surface area (Å²) >= 11 is 0. The monoisotopic (exact) mass is 470 g/mol. The van der Waals surface area contributed by atoms with Crippen LogP contribution in [0.3, 0.4) is 0 Å². The molecule has 4 aliphatic carbocycles. The molecule has 0 aliphatic heterocycles. The number of Topliss-reactive ketones (excluding diaryl/α,β-unsaturated/α-hetero) is 1. The van der Waals surface area contributed by atoms with Crippen LogP contribution in [0.5, 0.6) is 0 Å². The van der Waals surface area contributed by atoms with Crippen LogP contribution in [0.25, 0.3) is 0 Å². The number of hydrogen-bond donors (Lipinski definition) is 2. The van der Waals surface area contributed by atoms with Gasteiger partial charge in [-0.05, 0) is 98.4 Å². The number of carbonyl (C=O) groups is 2. The number of aliphatic hydroxyl groups excluding tert-OH is 2. The molecular weight excluding hydrogens is 424 g/mol. The van der Waals surface area contributed by atoms with Gasteiger partial charge in [-0.25, -0.2) is 0 Å². The van der Waals surface area contributed by atoms with E-state index in [1.807, 2.05) is 20.8 Å². The van der Waals surface area contributed by atoms with E-state index in [2.05, 4.69) is 33.8 Å². The predicted molar refractivity (Wildman–Crippen MR) is 135 cm³/mol. The third-order valence-corrected chi connectivity index (χ3v) is 11.6. The zero-order valence-corrected chi connectivity index (χ0v) is 22.4. The highest BCUT2D eigenvalue weighted by Gasteiger charge is 2.66. The third-order valence-electron chi connectivity index (χ3n) is 11.6. The van der Waals surface area contributed by atoms with Crippen LogP contribution in [0.15, 0.2) is 23.3 Å². The molecule has 4 heteroatoms. The highest BCUT2D eigenvalue weighted by molar-refractivity contribution is 5.94. The van der Waals surface area contributed by atoms with Gasteiger partial charge in [-0.15, -0.1) is 0 Å². The van der Waals surface area contributed by atoms with Crippen molar-refractivity contribution in [2.75, 3.05) is 6.61 Å². The summed E-state index contributed by atoms with van der Waals surface area (Å²) in [4.78, 5) is 25.5. The minimum atomic E-state index is -0.950. The molecule has 0 spiro atoms. The van der Waals surface area contributed by atoms with E-state index in [4.69, 9.17) is 0 Å². The molecule has 3 fully saturated rings. The molecule has 0 unspecified atom stereocenters. The average Bonchev–Trinajstić information content (AvgIpc) is 3.06. The first kappa shape index (κ1) is 25.8. The van der Waals surface area contributed by atoms with Crippen molar-refractivity contribution >= 4 is 11.6 Å². The second-order valence-corrected chi connectivity index (χ2v) is 13.4. The number of allylic oxidation sites excluding steroid dienone is 3. The molecule has 0 heterocycles. The topological polar surface area (TPSA) is 74.6 Å². The average molecular weight is 471 g/mol. The lowest BCUT2D eigenvalue weighted by atomic mass is 9.41. The van der Waals surface area contributed by atoms with Crippen molar-refractivity contribution in [3.8, 4) is 0 Å². The molecule has 0 amide bonds. The van der Waals surface area contributed by atoms with Gasteiger partial charge in [0.25, 0.3) is 0 Å². The molecule has 4 aliphatic rings. The number of rotatable bonds is 5. The van der Waals surface area contributed by atoms with Gasteiger partial charge in [-0.3, -0.25) is 9.59 Å². The molecule has 190 valence electrons. The zero-order valence-electron chi connectivity index (χ0n) is 22.4. The van der Waals surface area contributed by atoms with Crippen LogP contribution < -0.4 is 0 Å². The van der Waals surface area contributed by atoms with Gasteiger partial charge in [0.05, 0.1) is 12.0 Å². The lowest BCUT2D eigenvalue weighted by molar-refractivity contribution is -0.153. The second-order valence-electron chi connectivity index (χ2n) is 13.4. The Balaban J connectivity index is 1.67. The summed E-state index contributed by atoms with van der Waals surface area (Å²) < 4.78 is 0. The van der Waals surface area contributed by atoms with Gasteiger partial charge in [0.2, 0.25) is 0 Å². The van der Waals surface area contributed by atoms with Gasteiger partial charge < -0.3 is 10.2 Å². The van der Waals surface area contributed by atoms with Crippen LogP contribution in [0, 0.1) is 45.3 Å². The number of carbonyl (C=O) groups excluding carboxylic acids is 2. The van der Waals surface area contributed by atoms with Crippen LogP contribution in [-0.2, 0) is 9.59 Å². The van der Waals surface area contributed by atoms with Gasteiger partial charge in [0.15, 0.2) is 5.78 Å². The largest absolute Gasteiger partial charge is 0.395 e. The molecular formula is C30H46O4. The van der Waals surface area contributed by atoms with Gasteiger partial charge >= 0.3 is 0 Å². The predicted octanol–water partition coefficient (Wildman–Crippen LogP) is 5.67. The maximum atomic E-state index is 12.9. The first-order valence-electron chi connectivity index (χ1n) is 13.5. The quantitative estimate of drug-likeness (QED) is 0.401. The minimum Gasteiger partial charge on any atom is -0.395 e. The van der Waals surface area contributed by atoms with E-state index in [-0.39, 0.29) is 46.3 Å². The summed E-state index contributed by atoms with van der Waals surface area (Å²) in [5.74, 6) is 0.906. The van der Waals surface area contributed by atoms with Gasteiger partial charge in [-0.1, -0.05) is 51.8 Å². The Kier molecular flexibility index (Phi) is 6.38. The second kappa shape index (κ2) is 8.40. The number of ketones is 2. The van der Waals surface area contributed by atoms with Crippen molar-refractivity contribution in [2.24, 2.45) is 45.3 Å². The summed E-state index contributed by atoms with van der Waals surface area (Å²) in [5, 5.41) is 21.2. The standard InChI is InChI=1S/C30H46O4/c1-18(2)16-23(32)26(34)19(3)20-10-14-30(7)22-8-9-24-27(4,21(22)11-15-29(20,30)6)13-12-25(33)28(24,5)17-31/h8,16,19-21,24,26,31,34H,9-15,17H2,1-7H3/t19-,20+,21-,24+,26+,27-,28-,29+,30-/m1/s1. The summed E-state index contributed by atoms with van der Waals surface area (Å²) in [6, 6.07) is 0. The lowest BCUT2D eigenvalue weighted by Gasteiger charge is -2.63. The fourth-order valence-electron chi connectivity index (χ4n) is 9.28. The van der Waals surface area contributed by atoms with Gasteiger partial charge in [-0.2, -0.15) is 0 Å². The van der Waals surface area contributed by atoms with Crippen LogP contribution in [0.1, 0.15) is 93.4 Å². The van der Waals surface area contributed by atoms with E-state index < -0.39 is 11.5 Å². The molecule has 4 rings (SSSR count). The van der Waals surface area contributed by atoms with E-state index in [0.29, 0.717) is 18.3 Å². The Labute approximate surface area is 206 Å². The lowest BCUT2D eigenvalue weighted by Crippen LogP contribution is -2.59. The number of aliphatic hydroxyl groups is 2. The molecule has 0 saturated heterocycles. The maximum Gasteiger partial charge on any atom is 0.184 e. The SMILES string of the molecule is CC(C)=CC(=O)[C@@H](O)[C@H](C)[C@@H]1CC[C@]2(C)C3=CC[C@H]4[C@](C)(CCC(=O)[C@]4(C)CO)[C@@H]3CC[C@@]12C. The fourth-order valence-corrected chi connectivity index (χ4v) is 9.28. The summed E-state index contributed by atoms with van der Waals surface area (Å²) in [5.41, 5.74) is 1.96. The minimum absolute atomic E-state index is 0.0302. The van der Waals surface area contributed by atoms with E-state index in [0.717, 1.165) is 44.1 Å². The molecule has 4 nitrogen and oxygen atoms in total. The molecule has 0 bridgehead atoms. The Morgan fingerprint density at radius 2 is 1.82 bits per heavy atom. The van der Waals surface area contributed by atoms with Crippen LogP contribution in [0.4, 0.5) is 0 Å². The molecule has 0 aromatic rings. The van der Waals surface area contributed by atoms with Crippen LogP contribution in [-0.4, -0.2) is 34.5 Å². The van der Waals surface area contributed by atoms with E-state index in [1.165, 1.54) is 0 Å². The number of hydrogen-bond acceptors (Lipinski definition) is 4. The Bertz CT molecular complexity index is 928. The van der Waals surface area contributed by atoms with Crippen molar-refractivity contribution in [2.45, 2.75) is 99.5 Å². The molecule has 34 heavy (non-hydrogen) atoms. The van der Waals surface area contributed by atoms with Crippen molar-refractivity contribution in [3.63, 3.8) is 0 Å². The molecule has 2 N–H and O–H groups in total. The maximum absolute atomic E-state index is 12.9. The zero-order chi connectivity index (χ0) is 25.3. The fraction of sp³-hybridized carbons (Fsp3) is 0.800. The summed E-state index contributed by atoms with van der Waals surface area (Å²) in [6.07, 6.45) is 9.70. The first-order chi connectivity index (χ1) is 15.8. The van der Waals surface area contributed by atoms with E-state index in [1.54, 1.807) is 11.6 Å². The molecule has 3 saturated carbocycles. The van der Waals surface area contributed by atoms with E-state index >= 15 is 0 Å². The van der Waals surface area contributed by atoms with Crippen LogP contribution in [0.2, 0.25) is 0 Å². The molecule has 0 aromatic carbocycles. The smallest absolute Gasteiger partial charge is 0.184 e. The van der Waals surface area contributed by atoms with Gasteiger partial charge in [0.1, 0.15) is 11.9 Å². The third kappa shape index (κ3) is 3.38. The summed E-state index contributed by atoms with van der Waals surface area (Å²) in [6.45, 7) is 15.0. The first-order valence-corrected chi connectivity index (χ1v) is 13.5. The Morgan fingerprint density at radius 1 is 1.15 bits per heavy atom. The normalized spacial score (nSPS) is 45.4. The molecule has 0 radical (unpaired) electrons. The van der Waals surface area contributed by atoms with Crippen molar-refractivity contribution in [1.29, 1.82) is 0 Å². The molecule has 0 aromatic heterocycles. The van der Waals surface area contributed by atoms with Crippen molar-refractivity contribution in [3.05, 3.63) is 23.3 Å². The Morgan fingerprint density at radius 3 is 2.44 bits per heavy atom. The molecule has 9 atom stereocenters. The van der Waals surface area contributed by atoms with Crippen molar-refractivity contribution < 1.29 is 19.8 Å². The van der Waals surface area contributed by atoms with E-state index in [9.17, 15) is 19.8 Å². The van der Waals surface area contributed by atoms with Crippen LogP contribution >= 0.6 is 0 Å². The highest BCUT2D eigenvalue weighted by Crippen LogP contribution is 2.73. The van der Waals surface area contributed by atoms with Crippen molar-refractivity contribution in [1.82, 2.24) is 0 Å².